The molecule has 10 nitrogen and oxygen atoms in total. The molecule has 0 saturated heterocycles. The van der Waals surface area contributed by atoms with Gasteiger partial charge in [-0.1, -0.05) is 13.0 Å². The molecule has 0 bridgehead atoms. The van der Waals surface area contributed by atoms with E-state index >= 15 is 0 Å². The van der Waals surface area contributed by atoms with Crippen molar-refractivity contribution in [2.45, 2.75) is 19.5 Å². The van der Waals surface area contributed by atoms with Gasteiger partial charge >= 0.3 is 0 Å². The van der Waals surface area contributed by atoms with Crippen molar-refractivity contribution in [2.75, 3.05) is 25.5 Å². The number of halogens is 1. The molecule has 0 spiro atoms. The van der Waals surface area contributed by atoms with E-state index in [0.29, 0.717) is 30.3 Å². The van der Waals surface area contributed by atoms with Gasteiger partial charge in [0.05, 0.1) is 11.9 Å². The van der Waals surface area contributed by atoms with Gasteiger partial charge in [0.25, 0.3) is 11.5 Å². The maximum atomic E-state index is 13.7. The Labute approximate surface area is 195 Å². The van der Waals surface area contributed by atoms with E-state index in [0.717, 1.165) is 0 Å². The number of aromatic nitrogens is 3. The zero-order valence-corrected chi connectivity index (χ0v) is 18.8. The van der Waals surface area contributed by atoms with Crippen LogP contribution in [0.3, 0.4) is 0 Å². The van der Waals surface area contributed by atoms with Crippen LogP contribution in [0, 0.1) is 11.7 Å². The summed E-state index contributed by atoms with van der Waals surface area (Å²) in [4.78, 5) is 30.3. The number of amides is 1. The Kier molecular flexibility index (Phi) is 6.85. The van der Waals surface area contributed by atoms with Gasteiger partial charge in [0.1, 0.15) is 29.1 Å². The van der Waals surface area contributed by atoms with E-state index < -0.39 is 5.82 Å². The number of nitrogens with zero attached hydrogens (tertiary/aromatic N) is 4. The summed E-state index contributed by atoms with van der Waals surface area (Å²) >= 11 is 0. The van der Waals surface area contributed by atoms with E-state index in [1.54, 1.807) is 36.1 Å². The molecule has 11 heteroatoms. The molecular formula is C23H26FN7O3. The monoisotopic (exact) mass is 467 g/mol. The predicted octanol–water partition coefficient (Wildman–Crippen LogP) is 1.80. The van der Waals surface area contributed by atoms with Crippen molar-refractivity contribution in [2.24, 2.45) is 10.9 Å². The number of nitrogens with one attached hydrogen (secondary N) is 3. The van der Waals surface area contributed by atoms with Crippen LogP contribution < -0.4 is 21.5 Å². The minimum atomic E-state index is -0.441. The molecule has 4 rings (SSSR count). The smallest absolute Gasteiger partial charge is 0.278 e. The number of rotatable bonds is 7. The van der Waals surface area contributed by atoms with Crippen LogP contribution in [0.15, 0.2) is 58.6 Å². The molecule has 4 N–H and O–H groups in total. The van der Waals surface area contributed by atoms with E-state index in [-0.39, 0.29) is 41.4 Å². The van der Waals surface area contributed by atoms with Crippen LogP contribution in [0.5, 0.6) is 0 Å². The average molecular weight is 468 g/mol. The van der Waals surface area contributed by atoms with E-state index in [1.807, 2.05) is 6.92 Å². The zero-order valence-electron chi connectivity index (χ0n) is 18.8. The number of fused-ring (bicyclic) bond motifs is 1. The number of amidine groups is 1. The summed E-state index contributed by atoms with van der Waals surface area (Å²) in [6, 6.07) is 9.07. The molecule has 2 atom stereocenters. The van der Waals surface area contributed by atoms with Gasteiger partial charge in [0, 0.05) is 25.8 Å². The van der Waals surface area contributed by atoms with Crippen molar-refractivity contribution in [1.82, 2.24) is 25.0 Å². The first kappa shape index (κ1) is 23.3. The fourth-order valence-corrected chi connectivity index (χ4v) is 3.60. The number of pyridine rings is 1. The maximum absolute atomic E-state index is 13.7. The third kappa shape index (κ3) is 4.75. The van der Waals surface area contributed by atoms with Gasteiger partial charge in [-0.3, -0.25) is 19.5 Å². The zero-order chi connectivity index (χ0) is 24.2. The SMILES string of the molecule is CNC1CC(Nc2cccn(-c3cccc(F)c3)c2=O)=Nc2c(C(=O)NCC(C)CO)cnn21. The largest absolute Gasteiger partial charge is 0.396 e. The molecule has 0 aliphatic carbocycles. The number of aliphatic hydroxyl groups is 1. The van der Waals surface area contributed by atoms with E-state index in [9.17, 15) is 19.1 Å². The quantitative estimate of drug-likeness (QED) is 0.420. The standard InChI is InChI=1S/C23H26FN7O3/c1-14(13-32)11-26-22(33)17-12-27-31-20(25-2)10-19(29-21(17)31)28-18-7-4-8-30(23(18)34)16-6-3-5-15(24)9-16/h3-9,12,14,20,25,32H,10-11,13H2,1-2H3,(H,26,33)(H,28,29). The second-order valence-corrected chi connectivity index (χ2v) is 8.09. The minimum Gasteiger partial charge on any atom is -0.396 e. The molecule has 1 aliphatic rings. The van der Waals surface area contributed by atoms with E-state index in [2.05, 4.69) is 26.0 Å². The first-order valence-corrected chi connectivity index (χ1v) is 10.9. The Morgan fingerprint density at radius 3 is 2.88 bits per heavy atom. The Bertz CT molecular complexity index is 1280. The summed E-state index contributed by atoms with van der Waals surface area (Å²) < 4.78 is 16.6. The summed E-state index contributed by atoms with van der Waals surface area (Å²) in [6.07, 6.45) is 3.11. The topological polar surface area (TPSA) is 126 Å². The van der Waals surface area contributed by atoms with Crippen LogP contribution in [0.1, 0.15) is 29.9 Å². The molecule has 1 aliphatic heterocycles. The van der Waals surface area contributed by atoms with Crippen LogP contribution >= 0.6 is 0 Å². The summed E-state index contributed by atoms with van der Waals surface area (Å²) in [5.74, 6) is -0.0550. The average Bonchev–Trinajstić information content (AvgIpc) is 3.27. The molecule has 3 aromatic rings. The van der Waals surface area contributed by atoms with Gasteiger partial charge < -0.3 is 15.7 Å². The van der Waals surface area contributed by atoms with Crippen molar-refractivity contribution >= 4 is 23.2 Å². The van der Waals surface area contributed by atoms with Gasteiger partial charge in [-0.2, -0.15) is 5.10 Å². The first-order chi connectivity index (χ1) is 16.4. The Hall–Kier alpha value is -3.83. The highest BCUT2D eigenvalue weighted by molar-refractivity contribution is 6.02. The highest BCUT2D eigenvalue weighted by Gasteiger charge is 2.27. The minimum absolute atomic E-state index is 0.0370. The van der Waals surface area contributed by atoms with Crippen molar-refractivity contribution in [3.05, 3.63) is 70.5 Å². The summed E-state index contributed by atoms with van der Waals surface area (Å²) in [5.41, 5.74) is 0.582. The number of carbonyl (C=O) groups excluding carboxylic acids is 1. The van der Waals surface area contributed by atoms with Crippen LogP contribution in [-0.2, 0) is 0 Å². The number of carbonyl (C=O) groups is 1. The van der Waals surface area contributed by atoms with E-state index in [1.165, 1.54) is 29.0 Å². The lowest BCUT2D eigenvalue weighted by atomic mass is 10.2. The number of benzene rings is 1. The van der Waals surface area contributed by atoms with Crippen molar-refractivity contribution in [1.29, 1.82) is 0 Å². The van der Waals surface area contributed by atoms with Gasteiger partial charge in [-0.05, 0) is 43.3 Å². The predicted molar refractivity (Wildman–Crippen MR) is 126 cm³/mol. The molecule has 2 unspecified atom stereocenters. The molecule has 0 fully saturated rings. The molecule has 2 aromatic heterocycles. The molecule has 0 radical (unpaired) electrons. The number of aliphatic hydroxyl groups excluding tert-OH is 1. The Morgan fingerprint density at radius 1 is 1.32 bits per heavy atom. The second-order valence-electron chi connectivity index (χ2n) is 8.09. The summed E-state index contributed by atoms with van der Waals surface area (Å²) in [5, 5.41) is 22.5. The van der Waals surface area contributed by atoms with Crippen molar-refractivity contribution in [3.63, 3.8) is 0 Å². The van der Waals surface area contributed by atoms with Crippen LogP contribution in [0.2, 0.25) is 0 Å². The highest BCUT2D eigenvalue weighted by atomic mass is 19.1. The van der Waals surface area contributed by atoms with E-state index in [4.69, 9.17) is 0 Å². The normalized spacial score (nSPS) is 15.9. The lowest BCUT2D eigenvalue weighted by molar-refractivity contribution is 0.0943. The van der Waals surface area contributed by atoms with Crippen molar-refractivity contribution in [3.8, 4) is 5.69 Å². The van der Waals surface area contributed by atoms with Crippen LogP contribution in [-0.4, -0.2) is 51.4 Å². The van der Waals surface area contributed by atoms with Crippen LogP contribution in [0.25, 0.3) is 5.69 Å². The number of hydrogen-bond donors (Lipinski definition) is 4. The molecule has 1 amide bonds. The Balaban J connectivity index is 1.64. The number of anilines is 1. The fourth-order valence-electron chi connectivity index (χ4n) is 3.60. The first-order valence-electron chi connectivity index (χ1n) is 10.9. The molecule has 178 valence electrons. The van der Waals surface area contributed by atoms with Crippen molar-refractivity contribution < 1.29 is 14.3 Å². The molecular weight excluding hydrogens is 441 g/mol. The maximum Gasteiger partial charge on any atom is 0.278 e. The fraction of sp³-hybridized carbons (Fsp3) is 0.304. The van der Waals surface area contributed by atoms with Crippen LogP contribution in [0.4, 0.5) is 15.9 Å². The third-order valence-corrected chi connectivity index (χ3v) is 5.51. The van der Waals surface area contributed by atoms with Gasteiger partial charge in [-0.15, -0.1) is 0 Å². The second kappa shape index (κ2) is 9.98. The molecule has 0 saturated carbocycles. The third-order valence-electron chi connectivity index (χ3n) is 5.51. The lowest BCUT2D eigenvalue weighted by Gasteiger charge is -2.24. The molecule has 3 heterocycles. The summed E-state index contributed by atoms with van der Waals surface area (Å²) in [7, 11) is 1.77. The molecule has 34 heavy (non-hydrogen) atoms. The van der Waals surface area contributed by atoms with Gasteiger partial charge in [-0.25, -0.2) is 14.1 Å². The number of aliphatic imine (C=N–C) groups is 1. The Morgan fingerprint density at radius 2 is 2.15 bits per heavy atom. The van der Waals surface area contributed by atoms with Gasteiger partial charge in [0.2, 0.25) is 0 Å². The lowest BCUT2D eigenvalue weighted by Crippen LogP contribution is -2.34. The molecule has 1 aromatic carbocycles. The highest BCUT2D eigenvalue weighted by Crippen LogP contribution is 2.29. The van der Waals surface area contributed by atoms with Gasteiger partial charge in [0.15, 0.2) is 5.82 Å². The summed E-state index contributed by atoms with van der Waals surface area (Å²) in [6.45, 7) is 2.10. The number of hydrogen-bond acceptors (Lipinski definition) is 7.